The minimum atomic E-state index is -0.821. The van der Waals surface area contributed by atoms with E-state index in [1.165, 1.54) is 11.8 Å². The van der Waals surface area contributed by atoms with Gasteiger partial charge in [0.15, 0.2) is 11.0 Å². The van der Waals surface area contributed by atoms with Gasteiger partial charge in [-0.15, -0.1) is 11.8 Å². The number of esters is 1. The third-order valence-corrected chi connectivity index (χ3v) is 8.60. The van der Waals surface area contributed by atoms with Crippen molar-refractivity contribution in [3.63, 3.8) is 0 Å². The van der Waals surface area contributed by atoms with E-state index in [0.717, 1.165) is 47.3 Å². The van der Waals surface area contributed by atoms with Crippen molar-refractivity contribution in [1.82, 2.24) is 0 Å². The van der Waals surface area contributed by atoms with Crippen LogP contribution in [0.2, 0.25) is 0 Å². The van der Waals surface area contributed by atoms with Crippen molar-refractivity contribution in [3.05, 3.63) is 59.2 Å². The molecule has 1 aliphatic heterocycles. The molecule has 2 aromatic rings. The molecule has 34 heavy (non-hydrogen) atoms. The van der Waals surface area contributed by atoms with Gasteiger partial charge in [0.2, 0.25) is 0 Å². The normalized spacial score (nSPS) is 23.8. The first-order valence-electron chi connectivity index (χ1n) is 12.4. The van der Waals surface area contributed by atoms with E-state index in [0.29, 0.717) is 12.8 Å². The van der Waals surface area contributed by atoms with Gasteiger partial charge in [-0.2, -0.15) is 0 Å². The molecule has 5 heteroatoms. The Balaban J connectivity index is 1.57. The second kappa shape index (κ2) is 9.77. The highest BCUT2D eigenvalue weighted by Crippen LogP contribution is 2.46. The lowest BCUT2D eigenvalue weighted by molar-refractivity contribution is -0.177. The zero-order valence-corrected chi connectivity index (χ0v) is 21.5. The van der Waals surface area contributed by atoms with E-state index in [-0.39, 0.29) is 29.3 Å². The second-order valence-corrected chi connectivity index (χ2v) is 12.2. The van der Waals surface area contributed by atoms with Gasteiger partial charge in [-0.25, -0.2) is 0 Å². The van der Waals surface area contributed by atoms with Gasteiger partial charge in [-0.3, -0.25) is 9.59 Å². The van der Waals surface area contributed by atoms with Crippen LogP contribution in [-0.4, -0.2) is 27.7 Å². The highest BCUT2D eigenvalue weighted by atomic mass is 32.2. The molecule has 1 heterocycles. The monoisotopic (exact) mass is 480 g/mol. The third-order valence-electron chi connectivity index (χ3n) is 7.32. The molecule has 4 rings (SSSR count). The molecule has 0 radical (unpaired) electrons. The van der Waals surface area contributed by atoms with Crippen molar-refractivity contribution in [2.45, 2.75) is 93.8 Å². The summed E-state index contributed by atoms with van der Waals surface area (Å²) >= 11 is 1.35. The van der Waals surface area contributed by atoms with Crippen LogP contribution in [0.4, 0.5) is 0 Å². The Kier molecular flexibility index (Phi) is 7.14. The van der Waals surface area contributed by atoms with Crippen molar-refractivity contribution in [1.29, 1.82) is 0 Å². The molecule has 0 amide bonds. The third kappa shape index (κ3) is 5.35. The van der Waals surface area contributed by atoms with E-state index < -0.39 is 16.8 Å². The molecule has 2 fully saturated rings. The lowest BCUT2D eigenvalue weighted by Gasteiger charge is -2.43. The molecule has 2 aliphatic rings. The topological polar surface area (TPSA) is 63.6 Å². The van der Waals surface area contributed by atoms with Gasteiger partial charge in [0.05, 0.1) is 0 Å². The zero-order chi connectivity index (χ0) is 24.5. The summed E-state index contributed by atoms with van der Waals surface area (Å²) in [6, 6.07) is 13.5. The average molecular weight is 481 g/mol. The summed E-state index contributed by atoms with van der Waals surface area (Å²) in [5.41, 5.74) is 2.41. The number of thioether (sulfide) groups is 1. The first kappa shape index (κ1) is 24.8. The maximum absolute atomic E-state index is 13.5. The first-order chi connectivity index (χ1) is 16.1. The molecule has 0 aromatic heterocycles. The molecule has 1 N–H and O–H groups in total. The van der Waals surface area contributed by atoms with E-state index >= 15 is 0 Å². The molecule has 2 aromatic carbocycles. The number of phenolic OH excluding ortho intramolecular Hbond substituents is 1. The SMILES string of the molecule is Cc1ccc(C(C)(C)C)c(SC2C(=O)CC(CCc3cccc(O)c3)(C3CCCC3)OC2=O)c1. The fourth-order valence-electron chi connectivity index (χ4n) is 5.49. The van der Waals surface area contributed by atoms with Crippen LogP contribution in [0.5, 0.6) is 5.75 Å². The first-order valence-corrected chi connectivity index (χ1v) is 13.3. The highest BCUT2D eigenvalue weighted by molar-refractivity contribution is 8.01. The van der Waals surface area contributed by atoms with Gasteiger partial charge >= 0.3 is 5.97 Å². The minimum Gasteiger partial charge on any atom is -0.508 e. The number of Topliss-reactive ketones (excluding diaryl/α,β-unsaturated/α-hetero) is 1. The molecule has 4 nitrogen and oxygen atoms in total. The molecule has 2 atom stereocenters. The fraction of sp³-hybridized carbons (Fsp3) is 0.517. The van der Waals surface area contributed by atoms with Crippen LogP contribution < -0.4 is 0 Å². The summed E-state index contributed by atoms with van der Waals surface area (Å²) in [5, 5.41) is 9.02. The molecule has 1 aliphatic carbocycles. The van der Waals surface area contributed by atoms with Crippen molar-refractivity contribution in [3.8, 4) is 5.75 Å². The van der Waals surface area contributed by atoms with E-state index in [2.05, 4.69) is 39.0 Å². The Morgan fingerprint density at radius 1 is 1.09 bits per heavy atom. The Morgan fingerprint density at radius 2 is 1.82 bits per heavy atom. The highest BCUT2D eigenvalue weighted by Gasteiger charge is 2.51. The van der Waals surface area contributed by atoms with Gasteiger partial charge in [0.25, 0.3) is 0 Å². The number of carbonyl (C=O) groups is 2. The number of rotatable bonds is 6. The van der Waals surface area contributed by atoms with E-state index in [1.54, 1.807) is 12.1 Å². The summed E-state index contributed by atoms with van der Waals surface area (Å²) in [6.07, 6.45) is 5.75. The zero-order valence-electron chi connectivity index (χ0n) is 20.7. The molecule has 1 saturated carbocycles. The summed E-state index contributed by atoms with van der Waals surface area (Å²) in [4.78, 5) is 27.9. The fourth-order valence-corrected chi connectivity index (χ4v) is 6.86. The van der Waals surface area contributed by atoms with Crippen LogP contribution in [0, 0.1) is 12.8 Å². The largest absolute Gasteiger partial charge is 0.508 e. The van der Waals surface area contributed by atoms with Crippen molar-refractivity contribution < 1.29 is 19.4 Å². The number of hydrogen-bond donors (Lipinski definition) is 1. The molecule has 182 valence electrons. The number of carbonyl (C=O) groups excluding carboxylic acids is 2. The summed E-state index contributed by atoms with van der Waals surface area (Å²) in [6.45, 7) is 8.48. The number of phenols is 1. The standard InChI is InChI=1S/C29H36O4S/c1-19-12-13-23(28(2,3)4)25(16-19)34-26-24(31)18-29(33-27(26)32,21-9-5-6-10-21)15-14-20-8-7-11-22(30)17-20/h7-8,11-13,16-17,21,26,30H,5-6,9-10,14-15,18H2,1-4H3. The summed E-state index contributed by atoms with van der Waals surface area (Å²) in [5.74, 6) is 0.0250. The van der Waals surface area contributed by atoms with E-state index in [1.807, 2.05) is 19.1 Å². The minimum absolute atomic E-state index is 0.0228. The number of ether oxygens (including phenoxy) is 1. The summed E-state index contributed by atoms with van der Waals surface area (Å²) < 4.78 is 6.28. The van der Waals surface area contributed by atoms with Crippen molar-refractivity contribution in [2.24, 2.45) is 5.92 Å². The maximum atomic E-state index is 13.5. The number of hydrogen-bond acceptors (Lipinski definition) is 5. The quantitative estimate of drug-likeness (QED) is 0.376. The predicted molar refractivity (Wildman–Crippen MR) is 136 cm³/mol. The van der Waals surface area contributed by atoms with Crippen LogP contribution in [0.15, 0.2) is 47.4 Å². The molecular weight excluding hydrogens is 444 g/mol. The van der Waals surface area contributed by atoms with Gasteiger partial charge in [0.1, 0.15) is 11.4 Å². The molecule has 2 unspecified atom stereocenters. The smallest absolute Gasteiger partial charge is 0.327 e. The van der Waals surface area contributed by atoms with Gasteiger partial charge in [-0.1, -0.05) is 57.9 Å². The van der Waals surface area contributed by atoms with Crippen molar-refractivity contribution in [2.75, 3.05) is 0 Å². The number of cyclic esters (lactones) is 1. The Labute approximate surface area is 207 Å². The molecular formula is C29H36O4S. The van der Waals surface area contributed by atoms with Crippen LogP contribution in [0.1, 0.15) is 76.0 Å². The number of aromatic hydroxyl groups is 1. The number of ketones is 1. The maximum Gasteiger partial charge on any atom is 0.327 e. The van der Waals surface area contributed by atoms with Gasteiger partial charge < -0.3 is 9.84 Å². The number of benzene rings is 2. The average Bonchev–Trinajstić information content (AvgIpc) is 3.30. The van der Waals surface area contributed by atoms with E-state index in [4.69, 9.17) is 4.74 Å². The van der Waals surface area contributed by atoms with Gasteiger partial charge in [0, 0.05) is 11.3 Å². The lowest BCUT2D eigenvalue weighted by atomic mass is 9.76. The number of aryl methyl sites for hydroxylation is 2. The lowest BCUT2D eigenvalue weighted by Crippen LogP contribution is -2.53. The van der Waals surface area contributed by atoms with Crippen LogP contribution in [0.3, 0.4) is 0 Å². The molecule has 0 spiro atoms. The molecule has 0 bridgehead atoms. The predicted octanol–water partition coefficient (Wildman–Crippen LogP) is 6.54. The molecule has 1 saturated heterocycles. The van der Waals surface area contributed by atoms with E-state index in [9.17, 15) is 14.7 Å². The van der Waals surface area contributed by atoms with Crippen LogP contribution >= 0.6 is 11.8 Å². The van der Waals surface area contributed by atoms with Crippen LogP contribution in [0.25, 0.3) is 0 Å². The van der Waals surface area contributed by atoms with Crippen molar-refractivity contribution >= 4 is 23.5 Å². The summed E-state index contributed by atoms with van der Waals surface area (Å²) in [7, 11) is 0. The van der Waals surface area contributed by atoms with Crippen LogP contribution in [-0.2, 0) is 26.2 Å². The Morgan fingerprint density at radius 3 is 2.47 bits per heavy atom. The Hall–Kier alpha value is -2.27. The Bertz CT molecular complexity index is 1040. The van der Waals surface area contributed by atoms with Gasteiger partial charge in [-0.05, 0) is 78.8 Å². The second-order valence-electron chi connectivity index (χ2n) is 11.0.